The van der Waals surface area contributed by atoms with Crippen LogP contribution in [0.3, 0.4) is 0 Å². The van der Waals surface area contributed by atoms with Crippen LogP contribution in [-0.4, -0.2) is 54.6 Å². The number of unbranched alkanes of at least 4 members (excludes halogenated alkanes) is 2. The van der Waals surface area contributed by atoms with Crippen LogP contribution >= 0.6 is 0 Å². The number of rotatable bonds is 7. The Balaban J connectivity index is 2.34. The van der Waals surface area contributed by atoms with Crippen molar-refractivity contribution in [3.8, 4) is 11.8 Å². The third kappa shape index (κ3) is 7.59. The molecule has 1 unspecified atom stereocenters. The fourth-order valence-electron chi connectivity index (χ4n) is 3.43. The Kier molecular flexibility index (Phi) is 10.1. The highest BCUT2D eigenvalue weighted by molar-refractivity contribution is 5.92. The lowest BCUT2D eigenvalue weighted by molar-refractivity contribution is -0.286. The minimum absolute atomic E-state index is 0.204. The van der Waals surface area contributed by atoms with Gasteiger partial charge in [-0.1, -0.05) is 37.3 Å². The molecule has 0 spiro atoms. The SMILES string of the molecule is CCCCC#Cc1ccccc1C(=O)OC1O[C@@H](C)[C@H](OC(C)=O)[C@@H](OC(C)=O)[C@H]1OC(C)=O. The highest BCUT2D eigenvalue weighted by Gasteiger charge is 2.52. The molecule has 34 heavy (non-hydrogen) atoms. The lowest BCUT2D eigenvalue weighted by Crippen LogP contribution is -2.61. The first-order valence-corrected chi connectivity index (χ1v) is 11.1. The van der Waals surface area contributed by atoms with Crippen LogP contribution in [0.5, 0.6) is 0 Å². The predicted molar refractivity (Wildman–Crippen MR) is 119 cm³/mol. The Labute approximate surface area is 199 Å². The zero-order chi connectivity index (χ0) is 25.3. The Morgan fingerprint density at radius 1 is 0.882 bits per heavy atom. The summed E-state index contributed by atoms with van der Waals surface area (Å²) in [7, 11) is 0. The van der Waals surface area contributed by atoms with Crippen LogP contribution in [0.2, 0.25) is 0 Å². The van der Waals surface area contributed by atoms with E-state index in [0.29, 0.717) is 12.0 Å². The summed E-state index contributed by atoms with van der Waals surface area (Å²) in [6.07, 6.45) is -3.34. The molecular formula is C25H30O9. The average Bonchev–Trinajstić information content (AvgIpc) is 2.76. The zero-order valence-electron chi connectivity index (χ0n) is 20.0. The number of ether oxygens (including phenoxy) is 5. The second-order valence-corrected chi connectivity index (χ2v) is 7.79. The van der Waals surface area contributed by atoms with Gasteiger partial charge in [-0.2, -0.15) is 0 Å². The summed E-state index contributed by atoms with van der Waals surface area (Å²) in [5.74, 6) is 3.17. The Bertz CT molecular complexity index is 959. The van der Waals surface area contributed by atoms with Gasteiger partial charge in [0.15, 0.2) is 12.2 Å². The van der Waals surface area contributed by atoms with Gasteiger partial charge >= 0.3 is 23.9 Å². The fraction of sp³-hybridized carbons (Fsp3) is 0.520. The van der Waals surface area contributed by atoms with Gasteiger partial charge in [-0.15, -0.1) is 0 Å². The van der Waals surface area contributed by atoms with Gasteiger partial charge in [0.25, 0.3) is 0 Å². The molecule has 1 saturated heterocycles. The molecular weight excluding hydrogens is 444 g/mol. The van der Waals surface area contributed by atoms with E-state index in [1.807, 2.05) is 0 Å². The summed E-state index contributed by atoms with van der Waals surface area (Å²) in [5, 5.41) is 0. The maximum atomic E-state index is 13.0. The molecule has 2 rings (SSSR count). The van der Waals surface area contributed by atoms with Gasteiger partial charge in [-0.05, 0) is 25.5 Å². The van der Waals surface area contributed by atoms with E-state index in [-0.39, 0.29) is 5.56 Å². The number of esters is 4. The fourth-order valence-corrected chi connectivity index (χ4v) is 3.43. The topological polar surface area (TPSA) is 114 Å². The first kappa shape index (κ1) is 26.9. The molecule has 0 amide bonds. The molecule has 0 aromatic heterocycles. The monoisotopic (exact) mass is 474 g/mol. The van der Waals surface area contributed by atoms with Crippen LogP contribution < -0.4 is 0 Å². The van der Waals surface area contributed by atoms with Crippen LogP contribution in [0, 0.1) is 11.8 Å². The van der Waals surface area contributed by atoms with Crippen molar-refractivity contribution in [1.82, 2.24) is 0 Å². The predicted octanol–water partition coefficient (Wildman–Crippen LogP) is 2.93. The van der Waals surface area contributed by atoms with Crippen LogP contribution in [0.4, 0.5) is 0 Å². The average molecular weight is 475 g/mol. The van der Waals surface area contributed by atoms with Crippen molar-refractivity contribution in [2.24, 2.45) is 0 Å². The van der Waals surface area contributed by atoms with E-state index in [9.17, 15) is 19.2 Å². The first-order chi connectivity index (χ1) is 16.1. The third-order valence-electron chi connectivity index (χ3n) is 4.88. The molecule has 0 radical (unpaired) electrons. The smallest absolute Gasteiger partial charge is 0.341 e. The molecule has 1 fully saturated rings. The molecule has 0 aliphatic carbocycles. The molecule has 1 heterocycles. The van der Waals surface area contributed by atoms with Crippen molar-refractivity contribution in [3.63, 3.8) is 0 Å². The Morgan fingerprint density at radius 3 is 2.09 bits per heavy atom. The number of carbonyl (C=O) groups is 4. The highest BCUT2D eigenvalue weighted by atomic mass is 16.7. The van der Waals surface area contributed by atoms with E-state index < -0.39 is 54.6 Å². The molecule has 9 nitrogen and oxygen atoms in total. The van der Waals surface area contributed by atoms with Crippen molar-refractivity contribution < 1.29 is 42.9 Å². The minimum Gasteiger partial charge on any atom is -0.456 e. The van der Waals surface area contributed by atoms with Crippen molar-refractivity contribution in [2.45, 2.75) is 84.6 Å². The second-order valence-electron chi connectivity index (χ2n) is 7.79. The van der Waals surface area contributed by atoms with E-state index >= 15 is 0 Å². The number of carbonyl (C=O) groups excluding carboxylic acids is 4. The largest absolute Gasteiger partial charge is 0.456 e. The van der Waals surface area contributed by atoms with Crippen molar-refractivity contribution in [3.05, 3.63) is 35.4 Å². The summed E-state index contributed by atoms with van der Waals surface area (Å²) in [5.41, 5.74) is 0.682. The lowest BCUT2D eigenvalue weighted by atomic mass is 9.98. The van der Waals surface area contributed by atoms with Crippen LogP contribution in [-0.2, 0) is 38.1 Å². The summed E-state index contributed by atoms with van der Waals surface area (Å²) >= 11 is 0. The Morgan fingerprint density at radius 2 is 1.47 bits per heavy atom. The number of hydrogen-bond acceptors (Lipinski definition) is 9. The maximum absolute atomic E-state index is 13.0. The van der Waals surface area contributed by atoms with Gasteiger partial charge in [-0.3, -0.25) is 14.4 Å². The number of benzene rings is 1. The molecule has 1 aliphatic heterocycles. The van der Waals surface area contributed by atoms with E-state index in [2.05, 4.69) is 18.8 Å². The van der Waals surface area contributed by atoms with Crippen molar-refractivity contribution >= 4 is 23.9 Å². The summed E-state index contributed by atoms with van der Waals surface area (Å²) in [6.45, 7) is 7.10. The molecule has 0 bridgehead atoms. The van der Waals surface area contributed by atoms with Gasteiger partial charge in [0, 0.05) is 32.8 Å². The van der Waals surface area contributed by atoms with Gasteiger partial charge in [0.1, 0.15) is 0 Å². The summed E-state index contributed by atoms with van der Waals surface area (Å²) in [4.78, 5) is 48.2. The van der Waals surface area contributed by atoms with E-state index in [0.717, 1.165) is 26.7 Å². The van der Waals surface area contributed by atoms with Gasteiger partial charge in [0.2, 0.25) is 12.4 Å². The first-order valence-electron chi connectivity index (χ1n) is 11.1. The molecule has 9 heteroatoms. The van der Waals surface area contributed by atoms with Crippen molar-refractivity contribution in [2.75, 3.05) is 0 Å². The zero-order valence-corrected chi connectivity index (χ0v) is 20.0. The van der Waals surface area contributed by atoms with E-state index in [1.54, 1.807) is 31.2 Å². The van der Waals surface area contributed by atoms with Gasteiger partial charge in [0.05, 0.1) is 11.7 Å². The molecule has 0 N–H and O–H groups in total. The molecule has 1 aromatic rings. The second kappa shape index (κ2) is 12.8. The van der Waals surface area contributed by atoms with Gasteiger partial charge in [-0.25, -0.2) is 4.79 Å². The summed E-state index contributed by atoms with van der Waals surface area (Å²) in [6, 6.07) is 6.67. The molecule has 1 aromatic carbocycles. The molecule has 1 aliphatic rings. The molecule has 5 atom stereocenters. The quantitative estimate of drug-likeness (QED) is 0.255. The Hall–Kier alpha value is -3.38. The highest BCUT2D eigenvalue weighted by Crippen LogP contribution is 2.30. The van der Waals surface area contributed by atoms with Gasteiger partial charge < -0.3 is 23.7 Å². The summed E-state index contributed by atoms with van der Waals surface area (Å²) < 4.78 is 27.2. The molecule has 0 saturated carbocycles. The van der Waals surface area contributed by atoms with Crippen LogP contribution in [0.25, 0.3) is 0 Å². The van der Waals surface area contributed by atoms with Crippen LogP contribution in [0.1, 0.15) is 69.8 Å². The van der Waals surface area contributed by atoms with E-state index in [1.165, 1.54) is 6.92 Å². The van der Waals surface area contributed by atoms with Crippen LogP contribution in [0.15, 0.2) is 24.3 Å². The molecule has 184 valence electrons. The number of hydrogen-bond donors (Lipinski definition) is 0. The standard InChI is InChI=1S/C25H30O9/c1-6-7-8-9-12-19-13-10-11-14-20(19)24(29)34-25-23(33-18(5)28)22(32-17(4)27)21(15(2)30-25)31-16(3)26/h10-11,13-15,21-23,25H,6-8H2,1-5H3/t15-,21-,22+,23+,25?/m0/s1. The maximum Gasteiger partial charge on any atom is 0.341 e. The normalized spacial score (nSPS) is 23.6. The third-order valence-corrected chi connectivity index (χ3v) is 4.88. The van der Waals surface area contributed by atoms with Crippen molar-refractivity contribution in [1.29, 1.82) is 0 Å². The lowest BCUT2D eigenvalue weighted by Gasteiger charge is -2.42. The van der Waals surface area contributed by atoms with E-state index in [4.69, 9.17) is 23.7 Å². The minimum atomic E-state index is -1.43.